The van der Waals surface area contributed by atoms with E-state index in [0.29, 0.717) is 6.42 Å². The lowest BCUT2D eigenvalue weighted by Gasteiger charge is -2.13. The smallest absolute Gasteiger partial charge is 0.124 e. The zero-order valence-corrected chi connectivity index (χ0v) is 13.0. The minimum atomic E-state index is -0.245. The monoisotopic (exact) mass is 343 g/mol. The van der Waals surface area contributed by atoms with Gasteiger partial charge in [-0.1, -0.05) is 52.3 Å². The highest BCUT2D eigenvalue weighted by atomic mass is 79.9. The maximum atomic E-state index is 13.4. The van der Waals surface area contributed by atoms with Crippen LogP contribution in [0.2, 0.25) is 0 Å². The van der Waals surface area contributed by atoms with Crippen molar-refractivity contribution in [1.29, 1.82) is 0 Å². The SMILES string of the molecule is NC(Cc1cc(F)cc(Br)c1)c1ccc2ccccc2c1. The van der Waals surface area contributed by atoms with Crippen LogP contribution in [0.1, 0.15) is 17.2 Å². The van der Waals surface area contributed by atoms with E-state index in [0.717, 1.165) is 15.6 Å². The summed E-state index contributed by atoms with van der Waals surface area (Å²) in [6, 6.07) is 19.2. The summed E-state index contributed by atoms with van der Waals surface area (Å²) < 4.78 is 14.2. The third-order valence-corrected chi connectivity index (χ3v) is 4.04. The molecule has 1 nitrogen and oxygen atoms in total. The fourth-order valence-corrected chi connectivity index (χ4v) is 3.05. The minimum Gasteiger partial charge on any atom is -0.324 e. The van der Waals surface area contributed by atoms with Crippen molar-refractivity contribution in [2.45, 2.75) is 12.5 Å². The van der Waals surface area contributed by atoms with Crippen LogP contribution >= 0.6 is 15.9 Å². The fraction of sp³-hybridized carbons (Fsp3) is 0.111. The van der Waals surface area contributed by atoms with Gasteiger partial charge in [0.05, 0.1) is 0 Å². The molecule has 0 aromatic heterocycles. The van der Waals surface area contributed by atoms with Crippen LogP contribution in [0.25, 0.3) is 10.8 Å². The van der Waals surface area contributed by atoms with Gasteiger partial charge in [-0.05, 0) is 52.6 Å². The van der Waals surface area contributed by atoms with E-state index >= 15 is 0 Å². The van der Waals surface area contributed by atoms with E-state index in [1.165, 1.54) is 22.9 Å². The highest BCUT2D eigenvalue weighted by Gasteiger charge is 2.09. The zero-order valence-electron chi connectivity index (χ0n) is 11.4. The molecular weight excluding hydrogens is 329 g/mol. The largest absolute Gasteiger partial charge is 0.324 e. The van der Waals surface area contributed by atoms with E-state index < -0.39 is 0 Å². The van der Waals surface area contributed by atoms with E-state index in [9.17, 15) is 4.39 Å². The number of nitrogens with two attached hydrogens (primary N) is 1. The van der Waals surface area contributed by atoms with Crippen molar-refractivity contribution >= 4 is 26.7 Å². The second kappa shape index (κ2) is 5.96. The second-order valence-electron chi connectivity index (χ2n) is 5.19. The summed E-state index contributed by atoms with van der Waals surface area (Å²) in [5.74, 6) is -0.245. The summed E-state index contributed by atoms with van der Waals surface area (Å²) in [7, 11) is 0. The lowest BCUT2D eigenvalue weighted by Crippen LogP contribution is -2.13. The first-order valence-corrected chi connectivity index (χ1v) is 7.60. The van der Waals surface area contributed by atoms with Gasteiger partial charge in [0.25, 0.3) is 0 Å². The molecule has 21 heavy (non-hydrogen) atoms. The lowest BCUT2D eigenvalue weighted by molar-refractivity contribution is 0.621. The summed E-state index contributed by atoms with van der Waals surface area (Å²) >= 11 is 3.31. The highest BCUT2D eigenvalue weighted by molar-refractivity contribution is 9.10. The van der Waals surface area contributed by atoms with Crippen LogP contribution < -0.4 is 5.73 Å². The number of halogens is 2. The Kier molecular flexibility index (Phi) is 4.04. The van der Waals surface area contributed by atoms with Crippen molar-refractivity contribution in [2.24, 2.45) is 5.73 Å². The average Bonchev–Trinajstić information content (AvgIpc) is 2.45. The van der Waals surface area contributed by atoms with Crippen molar-refractivity contribution < 1.29 is 4.39 Å². The zero-order chi connectivity index (χ0) is 14.8. The highest BCUT2D eigenvalue weighted by Crippen LogP contribution is 2.23. The van der Waals surface area contributed by atoms with Crippen LogP contribution in [0.3, 0.4) is 0 Å². The second-order valence-corrected chi connectivity index (χ2v) is 6.11. The van der Waals surface area contributed by atoms with Gasteiger partial charge in [0.2, 0.25) is 0 Å². The molecule has 3 aromatic carbocycles. The molecular formula is C18H15BrFN. The molecule has 0 saturated heterocycles. The summed E-state index contributed by atoms with van der Waals surface area (Å²) in [6.07, 6.45) is 0.606. The van der Waals surface area contributed by atoms with Crippen LogP contribution in [0.4, 0.5) is 4.39 Å². The van der Waals surface area contributed by atoms with E-state index in [2.05, 4.69) is 40.2 Å². The molecule has 3 heteroatoms. The molecule has 0 aliphatic carbocycles. The molecule has 1 atom stereocenters. The molecule has 0 fully saturated rings. The quantitative estimate of drug-likeness (QED) is 0.712. The number of hydrogen-bond acceptors (Lipinski definition) is 1. The van der Waals surface area contributed by atoms with E-state index in [1.807, 2.05) is 24.3 Å². The molecule has 0 bridgehead atoms. The normalized spacial score (nSPS) is 12.5. The Hall–Kier alpha value is -1.71. The van der Waals surface area contributed by atoms with Crippen molar-refractivity contribution in [1.82, 2.24) is 0 Å². The fourth-order valence-electron chi connectivity index (χ4n) is 2.54. The van der Waals surface area contributed by atoms with Gasteiger partial charge in [0.15, 0.2) is 0 Å². The first-order valence-electron chi connectivity index (χ1n) is 6.81. The average molecular weight is 344 g/mol. The van der Waals surface area contributed by atoms with Crippen molar-refractivity contribution in [3.05, 3.63) is 82.1 Å². The predicted octanol–water partition coefficient (Wildman–Crippen LogP) is 4.98. The minimum absolute atomic E-state index is 0.150. The van der Waals surface area contributed by atoms with E-state index in [4.69, 9.17) is 5.73 Å². The number of fused-ring (bicyclic) bond motifs is 1. The molecule has 0 aliphatic heterocycles. The Morgan fingerprint density at radius 1 is 0.952 bits per heavy atom. The molecule has 3 aromatic rings. The van der Waals surface area contributed by atoms with Gasteiger partial charge >= 0.3 is 0 Å². The number of hydrogen-bond donors (Lipinski definition) is 1. The van der Waals surface area contributed by atoms with Crippen molar-refractivity contribution in [3.63, 3.8) is 0 Å². The third kappa shape index (κ3) is 3.31. The Morgan fingerprint density at radius 3 is 2.48 bits per heavy atom. The summed E-state index contributed by atoms with van der Waals surface area (Å²) in [5.41, 5.74) is 8.24. The van der Waals surface area contributed by atoms with Crippen molar-refractivity contribution in [2.75, 3.05) is 0 Å². The summed E-state index contributed by atoms with van der Waals surface area (Å²) in [5, 5.41) is 2.37. The molecule has 0 amide bonds. The Bertz CT molecular complexity index is 765. The molecule has 1 unspecified atom stereocenters. The molecule has 0 radical (unpaired) electrons. The van der Waals surface area contributed by atoms with Crippen LogP contribution in [-0.4, -0.2) is 0 Å². The maximum Gasteiger partial charge on any atom is 0.124 e. The molecule has 3 rings (SSSR count). The van der Waals surface area contributed by atoms with Crippen LogP contribution in [-0.2, 0) is 6.42 Å². The van der Waals surface area contributed by atoms with Gasteiger partial charge in [-0.15, -0.1) is 0 Å². The summed E-state index contributed by atoms with van der Waals surface area (Å²) in [4.78, 5) is 0. The van der Waals surface area contributed by atoms with Gasteiger partial charge in [-0.25, -0.2) is 4.39 Å². The maximum absolute atomic E-state index is 13.4. The third-order valence-electron chi connectivity index (χ3n) is 3.58. The number of benzene rings is 3. The van der Waals surface area contributed by atoms with Crippen molar-refractivity contribution in [3.8, 4) is 0 Å². The molecule has 0 saturated carbocycles. The molecule has 0 spiro atoms. The predicted molar refractivity (Wildman–Crippen MR) is 88.7 cm³/mol. The lowest BCUT2D eigenvalue weighted by atomic mass is 9.97. The van der Waals surface area contributed by atoms with E-state index in [-0.39, 0.29) is 11.9 Å². The Balaban J connectivity index is 1.87. The van der Waals surface area contributed by atoms with Gasteiger partial charge in [0.1, 0.15) is 5.82 Å². The van der Waals surface area contributed by atoms with Crippen LogP contribution in [0.15, 0.2) is 65.1 Å². The molecule has 0 aliphatic rings. The van der Waals surface area contributed by atoms with Gasteiger partial charge < -0.3 is 5.73 Å². The molecule has 106 valence electrons. The first kappa shape index (κ1) is 14.2. The van der Waals surface area contributed by atoms with E-state index in [1.54, 1.807) is 0 Å². The Morgan fingerprint density at radius 2 is 1.71 bits per heavy atom. The first-order chi connectivity index (χ1) is 10.1. The Labute approximate surface area is 131 Å². The van der Waals surface area contributed by atoms with Gasteiger partial charge in [-0.3, -0.25) is 0 Å². The molecule has 0 heterocycles. The van der Waals surface area contributed by atoms with Crippen LogP contribution in [0.5, 0.6) is 0 Å². The topological polar surface area (TPSA) is 26.0 Å². The summed E-state index contributed by atoms with van der Waals surface area (Å²) in [6.45, 7) is 0. The van der Waals surface area contributed by atoms with Crippen LogP contribution in [0, 0.1) is 5.82 Å². The standard InChI is InChI=1S/C18H15BrFN/c19-16-7-12(8-17(20)11-16)9-18(21)15-6-5-13-3-1-2-4-14(13)10-15/h1-8,10-11,18H,9,21H2. The van der Waals surface area contributed by atoms with Gasteiger partial charge in [-0.2, -0.15) is 0 Å². The molecule has 2 N–H and O–H groups in total. The number of rotatable bonds is 3. The van der Waals surface area contributed by atoms with Gasteiger partial charge in [0, 0.05) is 10.5 Å².